The first-order valence-corrected chi connectivity index (χ1v) is 11.1. The molecule has 3 N–H and O–H groups in total. The third-order valence-electron chi connectivity index (χ3n) is 5.14. The molecule has 11 heteroatoms. The van der Waals surface area contributed by atoms with Crippen LogP contribution < -0.4 is 21.9 Å². The predicted molar refractivity (Wildman–Crippen MR) is 123 cm³/mol. The summed E-state index contributed by atoms with van der Waals surface area (Å²) in [5.74, 6) is -0.0913. The largest absolute Gasteiger partial charge is 0.450 e. The van der Waals surface area contributed by atoms with Gasteiger partial charge in [-0.15, -0.1) is 0 Å². The lowest BCUT2D eigenvalue weighted by molar-refractivity contribution is -0.120. The van der Waals surface area contributed by atoms with Gasteiger partial charge in [0.25, 0.3) is 5.56 Å². The van der Waals surface area contributed by atoms with Crippen molar-refractivity contribution in [2.45, 2.75) is 41.2 Å². The molecule has 0 saturated carbocycles. The molecular formula is C21H36N6O5. The van der Waals surface area contributed by atoms with Crippen LogP contribution in [0.3, 0.4) is 0 Å². The Morgan fingerprint density at radius 3 is 2.25 bits per heavy atom. The van der Waals surface area contributed by atoms with Gasteiger partial charge in [0.2, 0.25) is 5.91 Å². The first-order valence-electron chi connectivity index (χ1n) is 11.1. The van der Waals surface area contributed by atoms with Gasteiger partial charge in [-0.3, -0.25) is 24.0 Å². The van der Waals surface area contributed by atoms with Gasteiger partial charge in [-0.2, -0.15) is 0 Å². The highest BCUT2D eigenvalue weighted by atomic mass is 16.6. The Morgan fingerprint density at radius 2 is 1.72 bits per heavy atom. The third-order valence-corrected chi connectivity index (χ3v) is 5.14. The van der Waals surface area contributed by atoms with Gasteiger partial charge in [-0.25, -0.2) is 9.59 Å². The zero-order chi connectivity index (χ0) is 24.0. The number of aromatic nitrogens is 2. The van der Waals surface area contributed by atoms with Crippen molar-refractivity contribution in [3.63, 3.8) is 0 Å². The molecule has 2 rings (SSSR count). The van der Waals surface area contributed by atoms with Crippen molar-refractivity contribution in [3.05, 3.63) is 20.8 Å². The fourth-order valence-corrected chi connectivity index (χ4v) is 3.65. The number of anilines is 2. The van der Waals surface area contributed by atoms with E-state index in [0.717, 1.165) is 0 Å². The Hall–Kier alpha value is -2.82. The summed E-state index contributed by atoms with van der Waals surface area (Å²) in [7, 11) is 0. The Bertz CT molecular complexity index is 914. The van der Waals surface area contributed by atoms with Gasteiger partial charge >= 0.3 is 11.8 Å². The molecule has 1 aromatic heterocycles. The minimum atomic E-state index is -0.673. The maximum absolute atomic E-state index is 13.3. The van der Waals surface area contributed by atoms with Crippen molar-refractivity contribution < 1.29 is 14.3 Å². The zero-order valence-corrected chi connectivity index (χ0v) is 19.7. The molecule has 0 radical (unpaired) electrons. The molecule has 0 spiro atoms. The fourth-order valence-electron chi connectivity index (χ4n) is 3.65. The number of H-pyrrole nitrogens is 1. The number of carbonyl (C=O) groups excluding carboxylic acids is 2. The maximum atomic E-state index is 13.3. The molecule has 180 valence electrons. The molecule has 0 aromatic carbocycles. The van der Waals surface area contributed by atoms with Crippen molar-refractivity contribution >= 4 is 23.5 Å². The Kier molecular flexibility index (Phi) is 8.88. The Balaban J connectivity index is 2.24. The summed E-state index contributed by atoms with van der Waals surface area (Å²) in [4.78, 5) is 57.3. The number of hydrogen-bond donors (Lipinski definition) is 2. The molecule has 0 atom stereocenters. The van der Waals surface area contributed by atoms with Crippen LogP contribution in [0.4, 0.5) is 16.3 Å². The number of amides is 2. The average molecular weight is 453 g/mol. The highest BCUT2D eigenvalue weighted by Gasteiger charge is 2.28. The van der Waals surface area contributed by atoms with Crippen LogP contribution in [0.25, 0.3) is 0 Å². The number of aromatic amines is 1. The van der Waals surface area contributed by atoms with Crippen LogP contribution >= 0.6 is 0 Å². The van der Waals surface area contributed by atoms with Crippen molar-refractivity contribution in [2.24, 2.45) is 11.8 Å². The molecular weight excluding hydrogens is 416 g/mol. The van der Waals surface area contributed by atoms with E-state index in [0.29, 0.717) is 39.3 Å². The normalized spacial score (nSPS) is 14.8. The number of carbonyl (C=O) groups is 2. The van der Waals surface area contributed by atoms with Crippen LogP contribution in [-0.2, 0) is 16.1 Å². The van der Waals surface area contributed by atoms with Crippen molar-refractivity contribution in [3.8, 4) is 0 Å². The summed E-state index contributed by atoms with van der Waals surface area (Å²) < 4.78 is 6.33. The molecule has 1 aromatic rings. The van der Waals surface area contributed by atoms with Crippen LogP contribution in [0.5, 0.6) is 0 Å². The number of nitrogens with two attached hydrogens (primary N) is 1. The summed E-state index contributed by atoms with van der Waals surface area (Å²) in [5, 5.41) is 0. The lowest BCUT2D eigenvalue weighted by atomic mass is 10.2. The number of hydrogen-bond acceptors (Lipinski definition) is 7. The van der Waals surface area contributed by atoms with E-state index in [1.165, 1.54) is 9.47 Å². The first kappa shape index (κ1) is 25.4. The average Bonchev–Trinajstić information content (AvgIpc) is 2.70. The first-order chi connectivity index (χ1) is 15.0. The molecule has 0 unspecified atom stereocenters. The van der Waals surface area contributed by atoms with Gasteiger partial charge < -0.3 is 20.3 Å². The summed E-state index contributed by atoms with van der Waals surface area (Å²) in [6.07, 6.45) is -0.355. The van der Waals surface area contributed by atoms with Crippen LogP contribution in [-0.4, -0.2) is 77.2 Å². The van der Waals surface area contributed by atoms with Crippen LogP contribution in [0.15, 0.2) is 9.59 Å². The predicted octanol–water partition coefficient (Wildman–Crippen LogP) is 0.538. The Morgan fingerprint density at radius 1 is 1.09 bits per heavy atom. The SMILES string of the molecule is CCOC(=O)N1CCN(CC(=O)N(CC(C)C)c2c(N)n(CC(C)C)c(=O)[nH]c2=O)CC1. The Labute approximate surface area is 188 Å². The fraction of sp³-hybridized carbons (Fsp3) is 0.714. The molecule has 2 heterocycles. The van der Waals surface area contributed by atoms with Crippen LogP contribution in [0.1, 0.15) is 34.6 Å². The smallest absolute Gasteiger partial charge is 0.409 e. The topological polar surface area (TPSA) is 134 Å². The molecule has 0 bridgehead atoms. The monoisotopic (exact) mass is 452 g/mol. The highest BCUT2D eigenvalue weighted by Crippen LogP contribution is 2.20. The molecule has 1 saturated heterocycles. The van der Waals surface area contributed by atoms with Crippen LogP contribution in [0.2, 0.25) is 0 Å². The van der Waals surface area contributed by atoms with E-state index in [2.05, 4.69) is 4.98 Å². The molecule has 1 fully saturated rings. The molecule has 2 amide bonds. The number of ether oxygens (including phenoxy) is 1. The molecule has 11 nitrogen and oxygen atoms in total. The van der Waals surface area contributed by atoms with E-state index in [1.807, 2.05) is 32.6 Å². The number of nitrogen functional groups attached to an aromatic ring is 1. The summed E-state index contributed by atoms with van der Waals surface area (Å²) in [6, 6.07) is 0. The minimum Gasteiger partial charge on any atom is -0.450 e. The molecule has 1 aliphatic rings. The van der Waals surface area contributed by atoms with Crippen molar-refractivity contribution in [1.82, 2.24) is 19.4 Å². The second-order valence-electron chi connectivity index (χ2n) is 8.86. The molecule has 1 aliphatic heterocycles. The maximum Gasteiger partial charge on any atom is 0.409 e. The third kappa shape index (κ3) is 6.35. The van der Waals surface area contributed by atoms with Gasteiger partial charge in [0.1, 0.15) is 5.82 Å². The summed E-state index contributed by atoms with van der Waals surface area (Å²) >= 11 is 0. The number of nitrogens with zero attached hydrogens (tertiary/aromatic N) is 4. The lowest BCUT2D eigenvalue weighted by Crippen LogP contribution is -2.52. The van der Waals surface area contributed by atoms with Gasteiger partial charge in [0.15, 0.2) is 5.69 Å². The van der Waals surface area contributed by atoms with Gasteiger partial charge in [0.05, 0.1) is 13.2 Å². The van der Waals surface area contributed by atoms with E-state index in [4.69, 9.17) is 10.5 Å². The van der Waals surface area contributed by atoms with E-state index in [-0.39, 0.29) is 48.4 Å². The second-order valence-corrected chi connectivity index (χ2v) is 8.86. The zero-order valence-electron chi connectivity index (χ0n) is 19.7. The molecule has 0 aliphatic carbocycles. The minimum absolute atomic E-state index is 0.00594. The summed E-state index contributed by atoms with van der Waals surface area (Å²) in [6.45, 7) is 12.4. The number of rotatable bonds is 8. The van der Waals surface area contributed by atoms with Crippen LogP contribution in [0, 0.1) is 11.8 Å². The highest BCUT2D eigenvalue weighted by molar-refractivity contribution is 5.96. The summed E-state index contributed by atoms with van der Waals surface area (Å²) in [5.41, 5.74) is 4.99. The van der Waals surface area contributed by atoms with Gasteiger partial charge in [-0.1, -0.05) is 27.7 Å². The quantitative estimate of drug-likeness (QED) is 0.588. The molecule has 32 heavy (non-hydrogen) atoms. The number of piperazine rings is 1. The van der Waals surface area contributed by atoms with Gasteiger partial charge in [0, 0.05) is 39.3 Å². The van der Waals surface area contributed by atoms with Crippen molar-refractivity contribution in [2.75, 3.05) is 56.5 Å². The van der Waals surface area contributed by atoms with E-state index < -0.39 is 11.2 Å². The lowest BCUT2D eigenvalue weighted by Gasteiger charge is -2.35. The second kappa shape index (κ2) is 11.2. The standard InChI is InChI=1S/C21H36N6O5/c1-6-32-21(31)25-9-7-24(8-10-25)13-16(28)26(11-14(2)3)17-18(22)27(12-15(4)5)20(30)23-19(17)29/h14-15H,6-13,22H2,1-5H3,(H,23,29,30). The van der Waals surface area contributed by atoms with E-state index >= 15 is 0 Å². The van der Waals surface area contributed by atoms with E-state index in [9.17, 15) is 19.2 Å². The van der Waals surface area contributed by atoms with E-state index in [1.54, 1.807) is 11.8 Å². The van der Waals surface area contributed by atoms with Crippen molar-refractivity contribution in [1.29, 1.82) is 0 Å². The number of nitrogens with one attached hydrogen (secondary N) is 1. The van der Waals surface area contributed by atoms with Gasteiger partial charge in [-0.05, 0) is 18.8 Å².